The summed E-state index contributed by atoms with van der Waals surface area (Å²) in [5, 5.41) is 2.58. The van der Waals surface area contributed by atoms with Crippen LogP contribution in [0.5, 0.6) is 0 Å². The van der Waals surface area contributed by atoms with Crippen molar-refractivity contribution < 1.29 is 23.8 Å². The molecule has 1 aliphatic heterocycles. The lowest BCUT2D eigenvalue weighted by Crippen LogP contribution is -2.42. The second-order valence-corrected chi connectivity index (χ2v) is 3.73. The van der Waals surface area contributed by atoms with Gasteiger partial charge in [-0.3, -0.25) is 10.1 Å². The number of carbonyl (C=O) groups excluding carboxylic acids is 2. The highest BCUT2D eigenvalue weighted by Gasteiger charge is 2.44. The average Bonchev–Trinajstić information content (AvgIpc) is 2.71. The van der Waals surface area contributed by atoms with Gasteiger partial charge in [-0.1, -0.05) is 0 Å². The van der Waals surface area contributed by atoms with E-state index in [-0.39, 0.29) is 5.91 Å². The number of carbonyl (C=O) groups is 2. The van der Waals surface area contributed by atoms with Crippen molar-refractivity contribution in [2.75, 3.05) is 21.3 Å². The Hall–Kier alpha value is -1.92. The largest absolute Gasteiger partial charge is 0.465 e. The van der Waals surface area contributed by atoms with Crippen molar-refractivity contribution in [3.05, 3.63) is 34.9 Å². The Kier molecular flexibility index (Phi) is 3.06. The van der Waals surface area contributed by atoms with E-state index in [2.05, 4.69) is 10.1 Å². The van der Waals surface area contributed by atoms with Crippen LogP contribution in [0.1, 0.15) is 26.3 Å². The Bertz CT molecular complexity index is 507. The van der Waals surface area contributed by atoms with E-state index in [0.717, 1.165) is 0 Å². The summed E-state index contributed by atoms with van der Waals surface area (Å²) < 4.78 is 15.0. The predicted molar refractivity (Wildman–Crippen MR) is 60.9 cm³/mol. The van der Waals surface area contributed by atoms with Crippen molar-refractivity contribution in [3.8, 4) is 0 Å². The first-order valence-corrected chi connectivity index (χ1v) is 5.23. The van der Waals surface area contributed by atoms with Gasteiger partial charge in [0.1, 0.15) is 0 Å². The fourth-order valence-corrected chi connectivity index (χ4v) is 1.95. The topological polar surface area (TPSA) is 73.9 Å². The molecule has 0 atom stereocenters. The van der Waals surface area contributed by atoms with Crippen molar-refractivity contribution in [1.29, 1.82) is 0 Å². The highest BCUT2D eigenvalue weighted by atomic mass is 16.7. The molecule has 0 unspecified atom stereocenters. The molecule has 96 valence electrons. The molecule has 6 heteroatoms. The first kappa shape index (κ1) is 12.5. The van der Waals surface area contributed by atoms with Gasteiger partial charge in [-0.2, -0.15) is 0 Å². The van der Waals surface area contributed by atoms with Gasteiger partial charge in [0.2, 0.25) is 0 Å². The third kappa shape index (κ3) is 1.66. The molecular weight excluding hydrogens is 238 g/mol. The van der Waals surface area contributed by atoms with Gasteiger partial charge in [0, 0.05) is 19.8 Å². The normalized spacial score (nSPS) is 16.1. The van der Waals surface area contributed by atoms with E-state index in [1.165, 1.54) is 39.5 Å². The van der Waals surface area contributed by atoms with E-state index in [4.69, 9.17) is 9.47 Å². The molecule has 2 rings (SSSR count). The number of benzene rings is 1. The molecule has 1 N–H and O–H groups in total. The summed E-state index contributed by atoms with van der Waals surface area (Å²) in [5.74, 6) is -2.15. The third-order valence-electron chi connectivity index (χ3n) is 2.89. The Morgan fingerprint density at radius 3 is 2.44 bits per heavy atom. The number of ether oxygens (including phenoxy) is 3. The standard InChI is InChI=1S/C12H13NO5/c1-16-11(15)7-4-5-8-9(6-7)12(17-2,18-3)13-10(8)14/h4-6H,1-3H3,(H,13,14). The summed E-state index contributed by atoms with van der Waals surface area (Å²) in [4.78, 5) is 23.2. The molecule has 1 aromatic carbocycles. The Morgan fingerprint density at radius 1 is 1.22 bits per heavy atom. The fourth-order valence-electron chi connectivity index (χ4n) is 1.95. The molecule has 0 saturated heterocycles. The van der Waals surface area contributed by atoms with Gasteiger partial charge >= 0.3 is 5.97 Å². The van der Waals surface area contributed by atoms with Crippen molar-refractivity contribution in [3.63, 3.8) is 0 Å². The van der Waals surface area contributed by atoms with Crippen molar-refractivity contribution in [2.24, 2.45) is 0 Å². The van der Waals surface area contributed by atoms with Gasteiger partial charge in [0.15, 0.2) is 0 Å². The number of esters is 1. The Balaban J connectivity index is 2.56. The third-order valence-corrected chi connectivity index (χ3v) is 2.89. The van der Waals surface area contributed by atoms with Gasteiger partial charge in [-0.15, -0.1) is 0 Å². The second kappa shape index (κ2) is 4.40. The maximum atomic E-state index is 11.8. The summed E-state index contributed by atoms with van der Waals surface area (Å²) >= 11 is 0. The number of fused-ring (bicyclic) bond motifs is 1. The first-order valence-electron chi connectivity index (χ1n) is 5.23. The Labute approximate surface area is 104 Å². The number of rotatable bonds is 3. The van der Waals surface area contributed by atoms with Crippen LogP contribution in [-0.2, 0) is 20.1 Å². The molecule has 1 amide bonds. The molecule has 0 saturated carbocycles. The smallest absolute Gasteiger partial charge is 0.337 e. The second-order valence-electron chi connectivity index (χ2n) is 3.73. The maximum absolute atomic E-state index is 11.8. The van der Waals surface area contributed by atoms with Gasteiger partial charge in [-0.05, 0) is 18.2 Å². The predicted octanol–water partition coefficient (Wildman–Crippen LogP) is 0.620. The SMILES string of the molecule is COC(=O)c1ccc2c(c1)C(OC)(OC)NC2=O. The van der Waals surface area contributed by atoms with Crippen LogP contribution in [0, 0.1) is 0 Å². The van der Waals surface area contributed by atoms with E-state index in [9.17, 15) is 9.59 Å². The summed E-state index contributed by atoms with van der Waals surface area (Å²) in [6.07, 6.45) is 0. The lowest BCUT2D eigenvalue weighted by atomic mass is 10.0. The molecule has 0 fully saturated rings. The molecule has 18 heavy (non-hydrogen) atoms. The Morgan fingerprint density at radius 2 is 1.89 bits per heavy atom. The number of methoxy groups -OCH3 is 3. The highest BCUT2D eigenvalue weighted by Crippen LogP contribution is 2.33. The maximum Gasteiger partial charge on any atom is 0.337 e. The van der Waals surface area contributed by atoms with Gasteiger partial charge < -0.3 is 14.2 Å². The van der Waals surface area contributed by atoms with Crippen LogP contribution < -0.4 is 5.32 Å². The van der Waals surface area contributed by atoms with Crippen LogP contribution in [-0.4, -0.2) is 33.2 Å². The van der Waals surface area contributed by atoms with Crippen LogP contribution in [0.4, 0.5) is 0 Å². The van der Waals surface area contributed by atoms with Crippen molar-refractivity contribution in [1.82, 2.24) is 5.32 Å². The van der Waals surface area contributed by atoms with E-state index in [1.807, 2.05) is 0 Å². The van der Waals surface area contributed by atoms with E-state index in [1.54, 1.807) is 0 Å². The minimum absolute atomic E-state index is 0.315. The minimum atomic E-state index is -1.35. The number of amides is 1. The summed E-state index contributed by atoms with van der Waals surface area (Å²) in [7, 11) is 4.10. The van der Waals surface area contributed by atoms with Crippen LogP contribution in [0.3, 0.4) is 0 Å². The molecule has 0 aromatic heterocycles. The van der Waals surface area contributed by atoms with Crippen molar-refractivity contribution in [2.45, 2.75) is 5.91 Å². The minimum Gasteiger partial charge on any atom is -0.465 e. The number of hydrogen-bond donors (Lipinski definition) is 1. The highest BCUT2D eigenvalue weighted by molar-refractivity contribution is 6.01. The molecule has 0 aliphatic carbocycles. The molecule has 1 aromatic rings. The molecule has 0 spiro atoms. The fraction of sp³-hybridized carbons (Fsp3) is 0.333. The quantitative estimate of drug-likeness (QED) is 0.629. The van der Waals surface area contributed by atoms with E-state index < -0.39 is 11.9 Å². The molecular formula is C12H13NO5. The van der Waals surface area contributed by atoms with Crippen LogP contribution in [0.2, 0.25) is 0 Å². The molecule has 1 aliphatic rings. The zero-order valence-electron chi connectivity index (χ0n) is 10.3. The lowest BCUT2D eigenvalue weighted by molar-refractivity contribution is -0.225. The summed E-state index contributed by atoms with van der Waals surface area (Å²) in [6, 6.07) is 4.58. The average molecular weight is 251 g/mol. The van der Waals surface area contributed by atoms with Crippen LogP contribution in [0.15, 0.2) is 18.2 Å². The molecule has 0 radical (unpaired) electrons. The van der Waals surface area contributed by atoms with Crippen LogP contribution >= 0.6 is 0 Å². The molecule has 0 bridgehead atoms. The molecule has 6 nitrogen and oxygen atoms in total. The van der Waals surface area contributed by atoms with Gasteiger partial charge in [0.25, 0.3) is 11.8 Å². The van der Waals surface area contributed by atoms with Gasteiger partial charge in [-0.25, -0.2) is 4.79 Å². The summed E-state index contributed by atoms with van der Waals surface area (Å²) in [5.41, 5.74) is 1.19. The summed E-state index contributed by atoms with van der Waals surface area (Å²) in [6.45, 7) is 0. The van der Waals surface area contributed by atoms with E-state index in [0.29, 0.717) is 16.7 Å². The first-order chi connectivity index (χ1) is 8.57. The zero-order chi connectivity index (χ0) is 13.3. The van der Waals surface area contributed by atoms with E-state index >= 15 is 0 Å². The van der Waals surface area contributed by atoms with Gasteiger partial charge in [0.05, 0.1) is 18.2 Å². The van der Waals surface area contributed by atoms with Crippen molar-refractivity contribution >= 4 is 11.9 Å². The molecule has 1 heterocycles. The number of nitrogens with one attached hydrogen (secondary N) is 1. The number of hydrogen-bond acceptors (Lipinski definition) is 5. The lowest BCUT2D eigenvalue weighted by Gasteiger charge is -2.26. The van der Waals surface area contributed by atoms with Crippen LogP contribution in [0.25, 0.3) is 0 Å². The monoisotopic (exact) mass is 251 g/mol. The zero-order valence-corrected chi connectivity index (χ0v) is 10.3.